The lowest BCUT2D eigenvalue weighted by molar-refractivity contribution is 0.0300. The average Bonchev–Trinajstić information content (AvgIpc) is 3.10. The molecule has 1 amide bonds. The molecule has 1 fully saturated rings. The minimum Gasteiger partial charge on any atom is -0.379 e. The second-order valence-electron chi connectivity index (χ2n) is 6.29. The first-order chi connectivity index (χ1) is 12.7. The summed E-state index contributed by atoms with van der Waals surface area (Å²) in [5.74, 6) is 2.10. The largest absolute Gasteiger partial charge is 0.379 e. The van der Waals surface area contributed by atoms with Crippen LogP contribution in [0.4, 0.5) is 10.1 Å². The highest BCUT2D eigenvalue weighted by molar-refractivity contribution is 7.98. The van der Waals surface area contributed by atoms with E-state index in [-0.39, 0.29) is 11.5 Å². The second kappa shape index (κ2) is 7.67. The number of hydrogen-bond donors (Lipinski definition) is 1. The molecule has 138 valence electrons. The van der Waals surface area contributed by atoms with Crippen molar-refractivity contribution in [2.45, 2.75) is 18.7 Å². The van der Waals surface area contributed by atoms with E-state index in [2.05, 4.69) is 10.5 Å². The summed E-state index contributed by atoms with van der Waals surface area (Å²) in [5.41, 5.74) is 2.71. The van der Waals surface area contributed by atoms with Crippen LogP contribution in [0.5, 0.6) is 0 Å². The predicted molar refractivity (Wildman–Crippen MR) is 96.8 cm³/mol. The Morgan fingerprint density at radius 2 is 2.19 bits per heavy atom. The topological polar surface area (TPSA) is 67.6 Å². The summed E-state index contributed by atoms with van der Waals surface area (Å²) in [6.45, 7) is 2.44. The van der Waals surface area contributed by atoms with Gasteiger partial charge in [-0.05, 0) is 18.2 Å². The van der Waals surface area contributed by atoms with E-state index in [1.165, 1.54) is 12.1 Å². The fourth-order valence-corrected chi connectivity index (χ4v) is 4.15. The minimum absolute atomic E-state index is 0.0904. The van der Waals surface area contributed by atoms with E-state index in [1.807, 2.05) is 11.8 Å². The lowest BCUT2D eigenvalue weighted by Crippen LogP contribution is -2.41. The number of nitrogens with one attached hydrogen (secondary N) is 1. The van der Waals surface area contributed by atoms with Crippen molar-refractivity contribution in [2.75, 3.05) is 37.4 Å². The SMILES string of the molecule is O=C(c1ccc(NCc2noc3c2CSCC3)cc1F)N1CCOCC1. The van der Waals surface area contributed by atoms with Crippen molar-refractivity contribution in [3.05, 3.63) is 46.6 Å². The van der Waals surface area contributed by atoms with Crippen LogP contribution in [0.25, 0.3) is 0 Å². The Bertz CT molecular complexity index is 805. The molecule has 0 radical (unpaired) electrons. The van der Waals surface area contributed by atoms with Gasteiger partial charge in [0.25, 0.3) is 5.91 Å². The smallest absolute Gasteiger partial charge is 0.256 e. The molecule has 2 aromatic rings. The first-order valence-electron chi connectivity index (χ1n) is 8.67. The van der Waals surface area contributed by atoms with Crippen LogP contribution in [-0.2, 0) is 23.5 Å². The number of nitrogens with zero attached hydrogens (tertiary/aromatic N) is 2. The van der Waals surface area contributed by atoms with Crippen molar-refractivity contribution in [1.82, 2.24) is 10.1 Å². The van der Waals surface area contributed by atoms with Gasteiger partial charge in [-0.2, -0.15) is 11.8 Å². The number of thioether (sulfide) groups is 1. The molecule has 3 heterocycles. The number of fused-ring (bicyclic) bond motifs is 1. The van der Waals surface area contributed by atoms with Crippen LogP contribution in [0.15, 0.2) is 22.7 Å². The molecule has 0 spiro atoms. The number of ether oxygens (including phenoxy) is 1. The van der Waals surface area contributed by atoms with Crippen molar-refractivity contribution < 1.29 is 18.4 Å². The van der Waals surface area contributed by atoms with Gasteiger partial charge in [0.05, 0.1) is 25.3 Å². The average molecular weight is 377 g/mol. The maximum Gasteiger partial charge on any atom is 0.256 e. The highest BCUT2D eigenvalue weighted by atomic mass is 32.2. The number of carbonyl (C=O) groups excluding carboxylic acids is 1. The third-order valence-corrected chi connectivity index (χ3v) is 5.61. The molecule has 6 nitrogen and oxygen atoms in total. The van der Waals surface area contributed by atoms with Gasteiger partial charge in [-0.3, -0.25) is 4.79 Å². The fraction of sp³-hybridized carbons (Fsp3) is 0.444. The molecule has 8 heteroatoms. The first kappa shape index (κ1) is 17.4. The fourth-order valence-electron chi connectivity index (χ4n) is 3.14. The molecule has 26 heavy (non-hydrogen) atoms. The van der Waals surface area contributed by atoms with E-state index < -0.39 is 5.82 Å². The Morgan fingerprint density at radius 3 is 3.00 bits per heavy atom. The summed E-state index contributed by atoms with van der Waals surface area (Å²) in [6.07, 6.45) is 0.903. The molecule has 4 rings (SSSR count). The zero-order valence-corrected chi connectivity index (χ0v) is 15.1. The number of aromatic nitrogens is 1. The van der Waals surface area contributed by atoms with Crippen LogP contribution in [0.2, 0.25) is 0 Å². The van der Waals surface area contributed by atoms with Gasteiger partial charge in [-0.15, -0.1) is 0 Å². The van der Waals surface area contributed by atoms with E-state index in [1.54, 1.807) is 11.0 Å². The highest BCUT2D eigenvalue weighted by Crippen LogP contribution is 2.28. The van der Waals surface area contributed by atoms with Gasteiger partial charge in [0.2, 0.25) is 0 Å². The molecule has 2 aliphatic heterocycles. The number of halogens is 1. The molecule has 0 aliphatic carbocycles. The van der Waals surface area contributed by atoms with E-state index in [0.717, 1.165) is 34.9 Å². The Balaban J connectivity index is 1.43. The molecule has 0 saturated carbocycles. The van der Waals surface area contributed by atoms with E-state index in [4.69, 9.17) is 9.26 Å². The zero-order valence-electron chi connectivity index (χ0n) is 14.3. The summed E-state index contributed by atoms with van der Waals surface area (Å²) in [4.78, 5) is 14.0. The van der Waals surface area contributed by atoms with Gasteiger partial charge in [-0.1, -0.05) is 5.16 Å². The number of benzene rings is 1. The highest BCUT2D eigenvalue weighted by Gasteiger charge is 2.22. The summed E-state index contributed by atoms with van der Waals surface area (Å²) in [6, 6.07) is 4.61. The maximum atomic E-state index is 14.4. The minimum atomic E-state index is -0.524. The van der Waals surface area contributed by atoms with Crippen LogP contribution in [0, 0.1) is 5.82 Å². The number of morpholine rings is 1. The Kier molecular flexibility index (Phi) is 5.12. The summed E-state index contributed by atoms with van der Waals surface area (Å²) in [5, 5.41) is 7.29. The molecule has 1 aromatic heterocycles. The van der Waals surface area contributed by atoms with Gasteiger partial charge in [-0.25, -0.2) is 4.39 Å². The van der Waals surface area contributed by atoms with Crippen LogP contribution in [-0.4, -0.2) is 48.0 Å². The monoisotopic (exact) mass is 377 g/mol. The lowest BCUT2D eigenvalue weighted by Gasteiger charge is -2.27. The lowest BCUT2D eigenvalue weighted by atomic mass is 10.1. The van der Waals surface area contributed by atoms with Crippen molar-refractivity contribution in [2.24, 2.45) is 0 Å². The third-order valence-electron chi connectivity index (χ3n) is 4.63. The molecular weight excluding hydrogens is 357 g/mol. The van der Waals surface area contributed by atoms with Gasteiger partial charge < -0.3 is 19.5 Å². The quantitative estimate of drug-likeness (QED) is 0.884. The standard InChI is InChI=1S/C18H20FN3O3S/c19-15-9-12(1-2-13(15)18(23)22-4-6-24-7-5-22)20-10-16-14-11-26-8-3-17(14)25-21-16/h1-2,9,20H,3-8,10-11H2. The van der Waals surface area contributed by atoms with Crippen molar-refractivity contribution in [3.8, 4) is 0 Å². The molecular formula is C18H20FN3O3S. The number of aryl methyl sites for hydroxylation is 1. The Labute approximate surface area is 155 Å². The molecule has 0 unspecified atom stereocenters. The van der Waals surface area contributed by atoms with Gasteiger partial charge in [0, 0.05) is 42.3 Å². The summed E-state index contributed by atoms with van der Waals surface area (Å²) >= 11 is 1.86. The van der Waals surface area contributed by atoms with Crippen LogP contribution >= 0.6 is 11.8 Å². The predicted octanol–water partition coefficient (Wildman–Crippen LogP) is 2.69. The normalized spacial score (nSPS) is 17.0. The Hall–Kier alpha value is -2.06. The third kappa shape index (κ3) is 3.57. The van der Waals surface area contributed by atoms with Crippen LogP contribution in [0.1, 0.15) is 27.4 Å². The maximum absolute atomic E-state index is 14.4. The zero-order chi connectivity index (χ0) is 17.9. The van der Waals surface area contributed by atoms with E-state index in [9.17, 15) is 9.18 Å². The van der Waals surface area contributed by atoms with Crippen LogP contribution in [0.3, 0.4) is 0 Å². The van der Waals surface area contributed by atoms with E-state index >= 15 is 0 Å². The van der Waals surface area contributed by atoms with Crippen molar-refractivity contribution >= 4 is 23.4 Å². The molecule has 1 N–H and O–H groups in total. The van der Waals surface area contributed by atoms with Crippen molar-refractivity contribution in [3.63, 3.8) is 0 Å². The van der Waals surface area contributed by atoms with Gasteiger partial charge in [0.1, 0.15) is 17.3 Å². The van der Waals surface area contributed by atoms with E-state index in [0.29, 0.717) is 38.5 Å². The molecule has 1 saturated heterocycles. The molecule has 1 aromatic carbocycles. The van der Waals surface area contributed by atoms with Gasteiger partial charge in [0.15, 0.2) is 0 Å². The number of hydrogen-bond acceptors (Lipinski definition) is 6. The first-order valence-corrected chi connectivity index (χ1v) is 9.82. The number of anilines is 1. The molecule has 0 bridgehead atoms. The van der Waals surface area contributed by atoms with Crippen LogP contribution < -0.4 is 5.32 Å². The molecule has 0 atom stereocenters. The number of rotatable bonds is 4. The Morgan fingerprint density at radius 1 is 1.35 bits per heavy atom. The molecule has 2 aliphatic rings. The van der Waals surface area contributed by atoms with Crippen molar-refractivity contribution in [1.29, 1.82) is 0 Å². The number of carbonyl (C=O) groups is 1. The van der Waals surface area contributed by atoms with Gasteiger partial charge >= 0.3 is 0 Å². The number of amides is 1. The second-order valence-corrected chi connectivity index (χ2v) is 7.39. The summed E-state index contributed by atoms with van der Waals surface area (Å²) in [7, 11) is 0. The summed E-state index contributed by atoms with van der Waals surface area (Å²) < 4.78 is 25.0.